The van der Waals surface area contributed by atoms with Crippen LogP contribution in [-0.4, -0.2) is 25.7 Å². The van der Waals surface area contributed by atoms with Crippen molar-refractivity contribution in [2.75, 3.05) is 19.8 Å². The Morgan fingerprint density at radius 3 is 2.56 bits per heavy atom. The molecule has 1 aliphatic rings. The zero-order valence-corrected chi connectivity index (χ0v) is 16.4. The lowest BCUT2D eigenvalue weighted by atomic mass is 9.79. The number of hydrogen-bond acceptors (Lipinski definition) is 4. The molecule has 1 aliphatic heterocycles. The Labute approximate surface area is 166 Å². The van der Waals surface area contributed by atoms with Crippen molar-refractivity contribution in [3.63, 3.8) is 0 Å². The Bertz CT molecular complexity index is 746. The lowest BCUT2D eigenvalue weighted by Gasteiger charge is -2.34. The van der Waals surface area contributed by atoms with Gasteiger partial charge in [-0.05, 0) is 43.5 Å². The highest BCUT2D eigenvalue weighted by molar-refractivity contribution is 5.85. The minimum Gasteiger partial charge on any atom is -0.457 e. The Morgan fingerprint density at radius 2 is 1.89 bits per heavy atom. The van der Waals surface area contributed by atoms with Gasteiger partial charge >= 0.3 is 0 Å². The van der Waals surface area contributed by atoms with Crippen LogP contribution >= 0.6 is 12.4 Å². The molecule has 0 saturated carbocycles. The molecule has 1 saturated heterocycles. The quantitative estimate of drug-likeness (QED) is 0.790. The lowest BCUT2D eigenvalue weighted by Crippen LogP contribution is -2.49. The highest BCUT2D eigenvalue weighted by atomic mass is 35.5. The molecule has 3 rings (SSSR count). The predicted molar refractivity (Wildman–Crippen MR) is 108 cm³/mol. The summed E-state index contributed by atoms with van der Waals surface area (Å²) in [6, 6.07) is 15.6. The number of halogens is 1. The summed E-state index contributed by atoms with van der Waals surface area (Å²) in [5.74, 6) is 1.52. The first kappa shape index (κ1) is 21.2. The Morgan fingerprint density at radius 1 is 1.19 bits per heavy atom. The van der Waals surface area contributed by atoms with Crippen LogP contribution in [0.15, 0.2) is 48.5 Å². The van der Waals surface area contributed by atoms with E-state index in [1.165, 1.54) is 0 Å². The third kappa shape index (κ3) is 5.22. The molecule has 0 radical (unpaired) electrons. The van der Waals surface area contributed by atoms with Crippen molar-refractivity contribution in [1.29, 1.82) is 0 Å². The monoisotopic (exact) mass is 390 g/mol. The van der Waals surface area contributed by atoms with Gasteiger partial charge in [-0.25, -0.2) is 0 Å². The van der Waals surface area contributed by atoms with Crippen molar-refractivity contribution < 1.29 is 14.3 Å². The molecule has 0 aromatic heterocycles. The topological polar surface area (TPSA) is 73.6 Å². The molecular weight excluding hydrogens is 364 g/mol. The number of rotatable bonds is 6. The standard InChI is InChI=1S/C21H26N2O3.ClH/c1-16-7-8-17(19(13-16)26-18-5-3-2-4-6-18)14-23-20(24)21(15-22)9-11-25-12-10-21;/h2-8,13H,9-12,14-15,22H2,1H3,(H,23,24);1H. The molecule has 3 N–H and O–H groups in total. The second-order valence-electron chi connectivity index (χ2n) is 6.81. The summed E-state index contributed by atoms with van der Waals surface area (Å²) in [4.78, 5) is 12.8. The van der Waals surface area contributed by atoms with E-state index in [1.54, 1.807) is 0 Å². The maximum Gasteiger partial charge on any atom is 0.227 e. The zero-order valence-electron chi connectivity index (χ0n) is 15.6. The van der Waals surface area contributed by atoms with Gasteiger partial charge in [0.2, 0.25) is 5.91 Å². The average molecular weight is 391 g/mol. The van der Waals surface area contributed by atoms with Crippen LogP contribution in [0.25, 0.3) is 0 Å². The number of amides is 1. The van der Waals surface area contributed by atoms with Crippen LogP contribution in [-0.2, 0) is 16.1 Å². The molecule has 6 heteroatoms. The molecule has 1 amide bonds. The van der Waals surface area contributed by atoms with Crippen molar-refractivity contribution in [3.05, 3.63) is 59.7 Å². The van der Waals surface area contributed by atoms with Crippen LogP contribution in [0.2, 0.25) is 0 Å². The number of nitrogens with one attached hydrogen (secondary N) is 1. The molecule has 0 unspecified atom stereocenters. The smallest absolute Gasteiger partial charge is 0.227 e. The maximum atomic E-state index is 12.8. The first-order valence-corrected chi connectivity index (χ1v) is 9.01. The molecule has 5 nitrogen and oxygen atoms in total. The minimum atomic E-state index is -0.524. The largest absolute Gasteiger partial charge is 0.457 e. The summed E-state index contributed by atoms with van der Waals surface area (Å²) in [6.45, 7) is 3.92. The molecule has 0 atom stereocenters. The second-order valence-corrected chi connectivity index (χ2v) is 6.81. The van der Waals surface area contributed by atoms with Crippen LogP contribution < -0.4 is 15.8 Å². The number of carbonyl (C=O) groups excluding carboxylic acids is 1. The first-order valence-electron chi connectivity index (χ1n) is 9.01. The zero-order chi connectivity index (χ0) is 18.4. The summed E-state index contributed by atoms with van der Waals surface area (Å²) in [6.07, 6.45) is 1.33. The number of para-hydroxylation sites is 1. The second kappa shape index (κ2) is 9.74. The SMILES string of the molecule is Cc1ccc(CNC(=O)C2(CN)CCOCC2)c(Oc2ccccc2)c1.Cl. The van der Waals surface area contributed by atoms with E-state index >= 15 is 0 Å². The minimum absolute atomic E-state index is 0. The molecule has 0 spiro atoms. The molecule has 2 aromatic rings. The van der Waals surface area contributed by atoms with Gasteiger partial charge in [-0.3, -0.25) is 4.79 Å². The van der Waals surface area contributed by atoms with Crippen molar-refractivity contribution >= 4 is 18.3 Å². The van der Waals surface area contributed by atoms with E-state index in [-0.39, 0.29) is 18.3 Å². The van der Waals surface area contributed by atoms with Crippen molar-refractivity contribution in [2.45, 2.75) is 26.3 Å². The first-order chi connectivity index (χ1) is 12.6. The summed E-state index contributed by atoms with van der Waals surface area (Å²) in [7, 11) is 0. The number of hydrogen-bond donors (Lipinski definition) is 2. The third-order valence-electron chi connectivity index (χ3n) is 4.96. The van der Waals surface area contributed by atoms with Crippen molar-refractivity contribution in [3.8, 4) is 11.5 Å². The average Bonchev–Trinajstić information content (AvgIpc) is 2.68. The van der Waals surface area contributed by atoms with Crippen LogP contribution in [0.1, 0.15) is 24.0 Å². The van der Waals surface area contributed by atoms with Crippen LogP contribution in [0, 0.1) is 12.3 Å². The Balaban J connectivity index is 0.00000261. The highest BCUT2D eigenvalue weighted by Gasteiger charge is 2.38. The van der Waals surface area contributed by atoms with E-state index in [0.29, 0.717) is 39.1 Å². The van der Waals surface area contributed by atoms with Gasteiger partial charge in [0.1, 0.15) is 11.5 Å². The summed E-state index contributed by atoms with van der Waals surface area (Å²) < 4.78 is 11.4. The Kier molecular flexibility index (Phi) is 7.66. The fraction of sp³-hybridized carbons (Fsp3) is 0.381. The van der Waals surface area contributed by atoms with Gasteiger partial charge < -0.3 is 20.5 Å². The van der Waals surface area contributed by atoms with Gasteiger partial charge in [-0.15, -0.1) is 12.4 Å². The normalized spacial score (nSPS) is 15.5. The molecule has 0 aliphatic carbocycles. The number of nitrogens with two attached hydrogens (primary N) is 1. The molecule has 146 valence electrons. The fourth-order valence-electron chi connectivity index (χ4n) is 3.17. The van der Waals surface area contributed by atoms with E-state index < -0.39 is 5.41 Å². The summed E-state index contributed by atoms with van der Waals surface area (Å²) >= 11 is 0. The van der Waals surface area contributed by atoms with Gasteiger partial charge in [-0.2, -0.15) is 0 Å². The van der Waals surface area contributed by atoms with Gasteiger partial charge in [0.25, 0.3) is 0 Å². The van der Waals surface area contributed by atoms with Crippen LogP contribution in [0.3, 0.4) is 0 Å². The van der Waals surface area contributed by atoms with Gasteiger partial charge in [-0.1, -0.05) is 30.3 Å². The van der Waals surface area contributed by atoms with E-state index in [1.807, 2.05) is 55.5 Å². The van der Waals surface area contributed by atoms with Crippen LogP contribution in [0.4, 0.5) is 0 Å². The summed E-state index contributed by atoms with van der Waals surface area (Å²) in [5, 5.41) is 3.05. The number of ether oxygens (including phenoxy) is 2. The van der Waals surface area contributed by atoms with Crippen molar-refractivity contribution in [2.24, 2.45) is 11.1 Å². The van der Waals surface area contributed by atoms with E-state index in [2.05, 4.69) is 5.32 Å². The Hall–Kier alpha value is -2.08. The molecule has 27 heavy (non-hydrogen) atoms. The predicted octanol–water partition coefficient (Wildman–Crippen LogP) is 3.58. The fourth-order valence-corrected chi connectivity index (χ4v) is 3.17. The lowest BCUT2D eigenvalue weighted by molar-refractivity contribution is -0.136. The van der Waals surface area contributed by atoms with Gasteiger partial charge in [0.05, 0.1) is 5.41 Å². The van der Waals surface area contributed by atoms with E-state index in [9.17, 15) is 4.79 Å². The van der Waals surface area contributed by atoms with Crippen molar-refractivity contribution in [1.82, 2.24) is 5.32 Å². The van der Waals surface area contributed by atoms with Gasteiger partial charge in [0.15, 0.2) is 0 Å². The molecule has 0 bridgehead atoms. The number of benzene rings is 2. The highest BCUT2D eigenvalue weighted by Crippen LogP contribution is 2.30. The summed E-state index contributed by atoms with van der Waals surface area (Å²) in [5.41, 5.74) is 7.44. The number of aryl methyl sites for hydroxylation is 1. The number of carbonyl (C=O) groups is 1. The molecular formula is C21H27ClN2O3. The maximum absolute atomic E-state index is 12.8. The van der Waals surface area contributed by atoms with Crippen LogP contribution in [0.5, 0.6) is 11.5 Å². The molecule has 2 aromatic carbocycles. The van der Waals surface area contributed by atoms with E-state index in [4.69, 9.17) is 15.2 Å². The molecule has 1 fully saturated rings. The van der Waals surface area contributed by atoms with Gasteiger partial charge in [0, 0.05) is 31.9 Å². The molecule has 1 heterocycles. The van der Waals surface area contributed by atoms with E-state index in [0.717, 1.165) is 22.6 Å². The third-order valence-corrected chi connectivity index (χ3v) is 4.96.